The lowest BCUT2D eigenvalue weighted by Gasteiger charge is -2.10. The van der Waals surface area contributed by atoms with E-state index in [1.54, 1.807) is 17.5 Å². The smallest absolute Gasteiger partial charge is 0.331 e. The molecule has 2 amide bonds. The van der Waals surface area contributed by atoms with E-state index >= 15 is 0 Å². The molecule has 0 bridgehead atoms. The van der Waals surface area contributed by atoms with Gasteiger partial charge in [-0.1, -0.05) is 6.07 Å². The van der Waals surface area contributed by atoms with E-state index in [0.717, 1.165) is 0 Å². The lowest BCUT2D eigenvalue weighted by molar-refractivity contribution is -0.144. The molecule has 80 valence electrons. The van der Waals surface area contributed by atoms with E-state index in [4.69, 9.17) is 10.8 Å². The van der Waals surface area contributed by atoms with Crippen molar-refractivity contribution < 1.29 is 19.5 Å². The van der Waals surface area contributed by atoms with Crippen LogP contribution >= 0.6 is 11.3 Å². The molecule has 15 heavy (non-hydrogen) atoms. The Kier molecular flexibility index (Phi) is 3.40. The van der Waals surface area contributed by atoms with Gasteiger partial charge in [-0.3, -0.25) is 9.59 Å². The van der Waals surface area contributed by atoms with Crippen molar-refractivity contribution in [3.8, 4) is 0 Å². The van der Waals surface area contributed by atoms with Crippen LogP contribution in [0.5, 0.6) is 0 Å². The van der Waals surface area contributed by atoms with E-state index in [1.165, 1.54) is 11.3 Å². The number of rotatable bonds is 3. The van der Waals surface area contributed by atoms with Gasteiger partial charge in [0.05, 0.1) is 0 Å². The largest absolute Gasteiger partial charge is 0.479 e. The van der Waals surface area contributed by atoms with Crippen LogP contribution in [0.2, 0.25) is 0 Å². The highest BCUT2D eigenvalue weighted by Crippen LogP contribution is 2.18. The summed E-state index contributed by atoms with van der Waals surface area (Å²) in [7, 11) is 0. The summed E-state index contributed by atoms with van der Waals surface area (Å²) in [5.41, 5.74) is 4.70. The summed E-state index contributed by atoms with van der Waals surface area (Å²) in [5, 5.41) is 12.5. The molecule has 0 saturated heterocycles. The minimum atomic E-state index is -1.24. The molecule has 1 atom stereocenters. The number of nitrogens with one attached hydrogen (secondary N) is 1. The summed E-state index contributed by atoms with van der Waals surface area (Å²) in [6, 6.07) is 1.96. The van der Waals surface area contributed by atoms with E-state index in [1.807, 2.05) is 5.32 Å². The zero-order chi connectivity index (χ0) is 11.4. The molecule has 0 aromatic carbocycles. The number of carbonyl (C=O) groups excluding carboxylic acids is 2. The average Bonchev–Trinajstić information content (AvgIpc) is 2.65. The number of aliphatic carboxylic acids is 1. The average molecular weight is 228 g/mol. The number of primary amides is 1. The number of hydrogen-bond donors (Lipinski definition) is 3. The maximum atomic E-state index is 10.9. The summed E-state index contributed by atoms with van der Waals surface area (Å²) < 4.78 is 0. The van der Waals surface area contributed by atoms with Gasteiger partial charge in [0.25, 0.3) is 0 Å². The third-order valence-electron chi connectivity index (χ3n) is 1.57. The highest BCUT2D eigenvalue weighted by atomic mass is 32.1. The number of carboxylic acid groups (broad SMARTS) is 1. The first-order valence-electron chi connectivity index (χ1n) is 3.89. The molecular formula is C8H8N2O4S. The minimum absolute atomic E-state index is 0.428. The summed E-state index contributed by atoms with van der Waals surface area (Å²) in [6.45, 7) is 0. The first kappa shape index (κ1) is 11.2. The number of carbonyl (C=O) groups is 3. The molecule has 4 N–H and O–H groups in total. The molecule has 1 aromatic heterocycles. The van der Waals surface area contributed by atoms with Crippen LogP contribution in [-0.2, 0) is 14.4 Å². The van der Waals surface area contributed by atoms with Crippen molar-refractivity contribution in [2.45, 2.75) is 6.04 Å². The van der Waals surface area contributed by atoms with E-state index in [0.29, 0.717) is 4.88 Å². The molecule has 0 unspecified atom stereocenters. The predicted molar refractivity (Wildman–Crippen MR) is 52.0 cm³/mol. The van der Waals surface area contributed by atoms with Gasteiger partial charge >= 0.3 is 17.8 Å². The maximum Gasteiger partial charge on any atom is 0.331 e. The third-order valence-corrected chi connectivity index (χ3v) is 2.51. The van der Waals surface area contributed by atoms with Crippen molar-refractivity contribution in [3.63, 3.8) is 0 Å². The van der Waals surface area contributed by atoms with Gasteiger partial charge in [-0.25, -0.2) is 4.79 Å². The number of nitrogens with two attached hydrogens (primary N) is 1. The fourth-order valence-electron chi connectivity index (χ4n) is 0.912. The molecular weight excluding hydrogens is 220 g/mol. The van der Waals surface area contributed by atoms with Crippen LogP contribution in [0, 0.1) is 0 Å². The fourth-order valence-corrected chi connectivity index (χ4v) is 1.68. The van der Waals surface area contributed by atoms with Crippen molar-refractivity contribution in [2.24, 2.45) is 5.73 Å². The zero-order valence-corrected chi connectivity index (χ0v) is 8.28. The molecule has 0 aliphatic heterocycles. The molecule has 1 aromatic rings. The van der Waals surface area contributed by atoms with E-state index in [2.05, 4.69) is 0 Å². The monoisotopic (exact) mass is 228 g/mol. The molecule has 1 rings (SSSR count). The predicted octanol–water partition coefficient (Wildman–Crippen LogP) is -0.525. The third kappa shape index (κ3) is 2.78. The fraction of sp³-hybridized carbons (Fsp3) is 0.125. The van der Waals surface area contributed by atoms with Crippen molar-refractivity contribution in [3.05, 3.63) is 22.4 Å². The Morgan fingerprint density at radius 3 is 2.53 bits per heavy atom. The van der Waals surface area contributed by atoms with Crippen LogP contribution in [0.1, 0.15) is 10.9 Å². The van der Waals surface area contributed by atoms with Gasteiger partial charge in [0.2, 0.25) is 0 Å². The number of thiophene rings is 1. The van der Waals surface area contributed by atoms with Crippen molar-refractivity contribution in [1.82, 2.24) is 5.32 Å². The van der Waals surface area contributed by atoms with Crippen LogP contribution < -0.4 is 11.1 Å². The summed E-state index contributed by atoms with van der Waals surface area (Å²) in [5.74, 6) is -3.57. The molecule has 0 saturated carbocycles. The normalized spacial score (nSPS) is 11.7. The van der Waals surface area contributed by atoms with Crippen molar-refractivity contribution in [1.29, 1.82) is 0 Å². The zero-order valence-electron chi connectivity index (χ0n) is 7.47. The topological polar surface area (TPSA) is 109 Å². The molecule has 0 spiro atoms. The lowest BCUT2D eigenvalue weighted by Crippen LogP contribution is -2.40. The van der Waals surface area contributed by atoms with Gasteiger partial charge in [0.15, 0.2) is 6.04 Å². The van der Waals surface area contributed by atoms with Crippen LogP contribution in [0.25, 0.3) is 0 Å². The van der Waals surface area contributed by atoms with Gasteiger partial charge in [-0.2, -0.15) is 0 Å². The molecule has 7 heteroatoms. The minimum Gasteiger partial charge on any atom is -0.479 e. The van der Waals surface area contributed by atoms with Crippen LogP contribution in [0.15, 0.2) is 17.5 Å². The standard InChI is InChI=1S/C8H8N2O4S/c9-6(11)7(12)10-5(8(13)14)4-2-1-3-15-4/h1-3,5H,(H2,9,11)(H,10,12)(H,13,14)/t5-/m0/s1. The Balaban J connectivity index is 2.81. The highest BCUT2D eigenvalue weighted by Gasteiger charge is 2.24. The molecule has 6 nitrogen and oxygen atoms in total. The van der Waals surface area contributed by atoms with Gasteiger partial charge in [0.1, 0.15) is 0 Å². The molecule has 0 aliphatic carbocycles. The van der Waals surface area contributed by atoms with Gasteiger partial charge in [-0.15, -0.1) is 11.3 Å². The van der Waals surface area contributed by atoms with Gasteiger partial charge < -0.3 is 16.2 Å². The number of hydrogen-bond acceptors (Lipinski definition) is 4. The first-order valence-corrected chi connectivity index (χ1v) is 4.77. The Labute approximate surface area is 88.7 Å². The van der Waals surface area contributed by atoms with Crippen LogP contribution in [0.4, 0.5) is 0 Å². The summed E-state index contributed by atoms with van der Waals surface area (Å²) in [6.07, 6.45) is 0. The Bertz CT molecular complexity index is 387. The lowest BCUT2D eigenvalue weighted by atomic mass is 10.2. The molecule has 1 heterocycles. The van der Waals surface area contributed by atoms with Gasteiger partial charge in [-0.05, 0) is 11.4 Å². The summed E-state index contributed by atoms with van der Waals surface area (Å²) in [4.78, 5) is 32.6. The molecule has 0 fully saturated rings. The van der Waals surface area contributed by atoms with E-state index in [9.17, 15) is 14.4 Å². The van der Waals surface area contributed by atoms with Crippen molar-refractivity contribution in [2.75, 3.05) is 0 Å². The van der Waals surface area contributed by atoms with Crippen molar-refractivity contribution >= 4 is 29.1 Å². The van der Waals surface area contributed by atoms with Gasteiger partial charge in [0, 0.05) is 4.88 Å². The quantitative estimate of drug-likeness (QED) is 0.604. The second-order valence-corrected chi connectivity index (χ2v) is 3.60. The molecule has 0 aliphatic rings. The second kappa shape index (κ2) is 4.56. The first-order chi connectivity index (χ1) is 7.02. The Morgan fingerprint density at radius 2 is 2.13 bits per heavy atom. The SMILES string of the molecule is NC(=O)C(=O)N[C@H](C(=O)O)c1cccs1. The highest BCUT2D eigenvalue weighted by molar-refractivity contribution is 7.10. The summed E-state index contributed by atoms with van der Waals surface area (Å²) >= 11 is 1.17. The number of amides is 2. The Morgan fingerprint density at radius 1 is 1.47 bits per heavy atom. The van der Waals surface area contributed by atoms with E-state index < -0.39 is 23.8 Å². The number of carboxylic acids is 1. The molecule has 0 radical (unpaired) electrons. The van der Waals surface area contributed by atoms with E-state index in [-0.39, 0.29) is 0 Å². The van der Waals surface area contributed by atoms with Crippen LogP contribution in [0.3, 0.4) is 0 Å². The Hall–Kier alpha value is -1.89. The van der Waals surface area contributed by atoms with Crippen LogP contribution in [-0.4, -0.2) is 22.9 Å². The maximum absolute atomic E-state index is 10.9. The second-order valence-electron chi connectivity index (χ2n) is 2.62.